The second-order valence-electron chi connectivity index (χ2n) is 6.49. The molecule has 150 valence electrons. The molecule has 3 heterocycles. The van der Waals surface area contributed by atoms with Crippen LogP contribution in [0.4, 0.5) is 10.1 Å². The van der Waals surface area contributed by atoms with Crippen molar-refractivity contribution in [1.82, 2.24) is 15.2 Å². The number of hydrogen-bond acceptors (Lipinski definition) is 7. The van der Waals surface area contributed by atoms with Crippen LogP contribution < -0.4 is 10.1 Å². The van der Waals surface area contributed by atoms with Gasteiger partial charge in [0.1, 0.15) is 11.6 Å². The molecule has 0 saturated carbocycles. The molecule has 1 N–H and O–H groups in total. The monoisotopic (exact) mass is 484 g/mol. The summed E-state index contributed by atoms with van der Waals surface area (Å²) in [5.74, 6) is 1.24. The summed E-state index contributed by atoms with van der Waals surface area (Å²) in [6.07, 6.45) is 1.24. The topological polar surface area (TPSA) is 73.1 Å². The molecule has 0 amide bonds. The number of nitrogens with one attached hydrogen (secondary N) is 1. The van der Waals surface area contributed by atoms with Gasteiger partial charge in [-0.3, -0.25) is 0 Å². The van der Waals surface area contributed by atoms with Crippen molar-refractivity contribution in [1.29, 1.82) is 0 Å². The van der Waals surface area contributed by atoms with Crippen molar-refractivity contribution in [2.24, 2.45) is 0 Å². The summed E-state index contributed by atoms with van der Waals surface area (Å²) in [4.78, 5) is 4.50. The van der Waals surface area contributed by atoms with Gasteiger partial charge in [0.05, 0.1) is 0 Å². The van der Waals surface area contributed by atoms with Crippen LogP contribution in [0.1, 0.15) is 12.0 Å². The van der Waals surface area contributed by atoms with E-state index in [-0.39, 0.29) is 5.82 Å². The molecule has 1 aliphatic heterocycles. The minimum atomic E-state index is -0.633. The van der Waals surface area contributed by atoms with Crippen molar-refractivity contribution in [3.8, 4) is 28.5 Å². The van der Waals surface area contributed by atoms with Gasteiger partial charge in [-0.05, 0) is 60.9 Å². The van der Waals surface area contributed by atoms with E-state index < -0.39 is 6.23 Å². The highest BCUT2D eigenvalue weighted by atomic mass is 79.9. The SMILES string of the molecule is CSc1nnc2c(n1)O[C@@H](c1ccc(-c3ccc(F)cc3)o1)Nc1ccc(Br)cc1-2. The maximum Gasteiger partial charge on any atom is 0.247 e. The molecule has 0 aliphatic carbocycles. The first-order valence-electron chi connectivity index (χ1n) is 8.98. The lowest BCUT2D eigenvalue weighted by molar-refractivity contribution is 0.196. The van der Waals surface area contributed by atoms with Crippen molar-refractivity contribution in [2.45, 2.75) is 11.4 Å². The predicted octanol–water partition coefficient (Wildman–Crippen LogP) is 5.93. The average Bonchev–Trinajstić information content (AvgIpc) is 3.19. The van der Waals surface area contributed by atoms with Gasteiger partial charge < -0.3 is 14.5 Å². The number of aromatic nitrogens is 3. The standard InChI is InChI=1S/C21H14BrFN4O2S/c1-30-21-25-20-18(26-27-21)14-10-12(22)4-7-15(14)24-19(29-20)17-9-8-16(28-17)11-2-5-13(23)6-3-11/h2-10,19,24H,1H3/t19-/m0/s1. The Bertz CT molecular complexity index is 1230. The largest absolute Gasteiger partial charge is 0.455 e. The molecular weight excluding hydrogens is 471 g/mol. The van der Waals surface area contributed by atoms with Gasteiger partial charge in [-0.25, -0.2) is 4.39 Å². The number of nitrogens with zero attached hydrogens (tertiary/aromatic N) is 3. The number of thioether (sulfide) groups is 1. The maximum absolute atomic E-state index is 13.2. The summed E-state index contributed by atoms with van der Waals surface area (Å²) in [6.45, 7) is 0. The second kappa shape index (κ2) is 7.73. The Balaban J connectivity index is 1.57. The first-order valence-corrected chi connectivity index (χ1v) is 11.0. The van der Waals surface area contributed by atoms with Gasteiger partial charge in [0, 0.05) is 21.3 Å². The molecule has 2 aromatic carbocycles. The number of anilines is 1. The normalized spacial score (nSPS) is 14.8. The van der Waals surface area contributed by atoms with E-state index in [9.17, 15) is 4.39 Å². The number of halogens is 2. The number of fused-ring (bicyclic) bond motifs is 3. The Morgan fingerprint density at radius 2 is 1.90 bits per heavy atom. The van der Waals surface area contributed by atoms with Crippen LogP contribution in [0.3, 0.4) is 0 Å². The Hall–Kier alpha value is -2.91. The second-order valence-corrected chi connectivity index (χ2v) is 8.18. The smallest absolute Gasteiger partial charge is 0.247 e. The van der Waals surface area contributed by atoms with E-state index >= 15 is 0 Å². The zero-order valence-electron chi connectivity index (χ0n) is 15.6. The summed E-state index contributed by atoms with van der Waals surface area (Å²) < 4.78 is 26.3. The van der Waals surface area contributed by atoms with Gasteiger partial charge in [-0.2, -0.15) is 4.98 Å². The van der Waals surface area contributed by atoms with E-state index in [1.54, 1.807) is 12.1 Å². The van der Waals surface area contributed by atoms with Crippen LogP contribution >= 0.6 is 27.7 Å². The van der Waals surface area contributed by atoms with Crippen molar-refractivity contribution in [2.75, 3.05) is 11.6 Å². The molecule has 0 radical (unpaired) electrons. The fourth-order valence-corrected chi connectivity index (χ4v) is 3.81. The first-order chi connectivity index (χ1) is 14.6. The molecule has 1 aliphatic rings. The van der Waals surface area contributed by atoms with Gasteiger partial charge in [0.2, 0.25) is 17.3 Å². The third-order valence-electron chi connectivity index (χ3n) is 4.58. The summed E-state index contributed by atoms with van der Waals surface area (Å²) in [5, 5.41) is 12.4. The third-order valence-corrected chi connectivity index (χ3v) is 5.62. The maximum atomic E-state index is 13.2. The fourth-order valence-electron chi connectivity index (χ4n) is 3.15. The lowest BCUT2D eigenvalue weighted by Crippen LogP contribution is -2.16. The van der Waals surface area contributed by atoms with Crippen LogP contribution in [-0.2, 0) is 0 Å². The van der Waals surface area contributed by atoms with E-state index in [1.807, 2.05) is 36.6 Å². The molecule has 0 spiro atoms. The Kier molecular flexibility index (Phi) is 4.92. The Labute approximate surface area is 184 Å². The molecular formula is C21H14BrFN4O2S. The van der Waals surface area contributed by atoms with Crippen LogP contribution in [-0.4, -0.2) is 21.4 Å². The number of ether oxygens (including phenoxy) is 1. The van der Waals surface area contributed by atoms with Gasteiger partial charge in [0.15, 0.2) is 11.5 Å². The van der Waals surface area contributed by atoms with Crippen molar-refractivity contribution in [3.63, 3.8) is 0 Å². The van der Waals surface area contributed by atoms with Crippen molar-refractivity contribution in [3.05, 3.63) is 70.6 Å². The summed E-state index contributed by atoms with van der Waals surface area (Å²) in [5.41, 5.74) is 2.95. The van der Waals surface area contributed by atoms with Crippen LogP contribution in [0.25, 0.3) is 22.6 Å². The third kappa shape index (κ3) is 3.54. The quantitative estimate of drug-likeness (QED) is 0.361. The van der Waals surface area contributed by atoms with Crippen LogP contribution in [0.5, 0.6) is 5.88 Å². The minimum absolute atomic E-state index is 0.296. The molecule has 9 heteroatoms. The lowest BCUT2D eigenvalue weighted by atomic mass is 10.1. The van der Waals surface area contributed by atoms with Crippen molar-refractivity contribution >= 4 is 33.4 Å². The van der Waals surface area contributed by atoms with E-state index in [1.165, 1.54) is 23.9 Å². The molecule has 1 atom stereocenters. The lowest BCUT2D eigenvalue weighted by Gasteiger charge is -2.16. The van der Waals surface area contributed by atoms with Gasteiger partial charge in [-0.15, -0.1) is 10.2 Å². The Morgan fingerprint density at radius 3 is 2.70 bits per heavy atom. The van der Waals surface area contributed by atoms with Crippen molar-refractivity contribution < 1.29 is 13.5 Å². The summed E-state index contributed by atoms with van der Waals surface area (Å²) >= 11 is 4.89. The molecule has 0 unspecified atom stereocenters. The highest BCUT2D eigenvalue weighted by Gasteiger charge is 2.28. The van der Waals surface area contributed by atoms with Crippen LogP contribution in [0.15, 0.2) is 68.6 Å². The molecule has 4 aromatic rings. The van der Waals surface area contributed by atoms with Crippen LogP contribution in [0, 0.1) is 5.82 Å². The molecule has 2 aromatic heterocycles. The molecule has 30 heavy (non-hydrogen) atoms. The average molecular weight is 485 g/mol. The number of furan rings is 1. The number of hydrogen-bond donors (Lipinski definition) is 1. The zero-order chi connectivity index (χ0) is 20.7. The van der Waals surface area contributed by atoms with Crippen LogP contribution in [0.2, 0.25) is 0 Å². The molecule has 5 rings (SSSR count). The van der Waals surface area contributed by atoms with E-state index in [0.717, 1.165) is 21.3 Å². The van der Waals surface area contributed by atoms with Gasteiger partial charge in [-0.1, -0.05) is 27.7 Å². The van der Waals surface area contributed by atoms with E-state index in [4.69, 9.17) is 9.15 Å². The van der Waals surface area contributed by atoms with E-state index in [2.05, 4.69) is 36.4 Å². The summed E-state index contributed by atoms with van der Waals surface area (Å²) in [6, 6.07) is 15.6. The zero-order valence-corrected chi connectivity index (χ0v) is 18.0. The molecule has 0 saturated heterocycles. The first kappa shape index (κ1) is 19.1. The number of rotatable bonds is 3. The highest BCUT2D eigenvalue weighted by Crippen LogP contribution is 2.41. The fraction of sp³-hybridized carbons (Fsp3) is 0.0952. The molecule has 6 nitrogen and oxygen atoms in total. The molecule has 0 fully saturated rings. The molecule has 0 bridgehead atoms. The van der Waals surface area contributed by atoms with Gasteiger partial charge >= 0.3 is 0 Å². The Morgan fingerprint density at radius 1 is 1.07 bits per heavy atom. The number of benzene rings is 2. The predicted molar refractivity (Wildman–Crippen MR) is 116 cm³/mol. The highest BCUT2D eigenvalue weighted by molar-refractivity contribution is 9.10. The minimum Gasteiger partial charge on any atom is -0.455 e. The van der Waals surface area contributed by atoms with E-state index in [0.29, 0.717) is 28.3 Å². The van der Waals surface area contributed by atoms with Gasteiger partial charge in [0.25, 0.3) is 0 Å². The summed E-state index contributed by atoms with van der Waals surface area (Å²) in [7, 11) is 0.